The van der Waals surface area contributed by atoms with E-state index in [1.54, 1.807) is 0 Å². The summed E-state index contributed by atoms with van der Waals surface area (Å²) >= 11 is 0. The maximum absolute atomic E-state index is 12.1. The minimum absolute atomic E-state index is 0.00792. The summed E-state index contributed by atoms with van der Waals surface area (Å²) in [6, 6.07) is 16.1. The molecule has 0 aromatic heterocycles. The summed E-state index contributed by atoms with van der Waals surface area (Å²) in [6.07, 6.45) is 0.831. The number of hydrogen-bond donors (Lipinski definition) is 1. The summed E-state index contributed by atoms with van der Waals surface area (Å²) in [7, 11) is 0. The van der Waals surface area contributed by atoms with Gasteiger partial charge in [-0.15, -0.1) is 0 Å². The van der Waals surface area contributed by atoms with Crippen molar-refractivity contribution < 1.29 is 9.53 Å². The molecule has 0 saturated carbocycles. The molecule has 25 heavy (non-hydrogen) atoms. The van der Waals surface area contributed by atoms with Crippen LogP contribution in [0.25, 0.3) is 0 Å². The Balaban J connectivity index is 1.81. The highest BCUT2D eigenvalue weighted by Gasteiger charge is 2.29. The highest BCUT2D eigenvalue weighted by molar-refractivity contribution is 5.89. The van der Waals surface area contributed by atoms with Crippen molar-refractivity contribution in [3.05, 3.63) is 59.7 Å². The van der Waals surface area contributed by atoms with Gasteiger partial charge in [-0.05, 0) is 50.1 Å². The first-order valence-corrected chi connectivity index (χ1v) is 8.87. The van der Waals surface area contributed by atoms with E-state index in [2.05, 4.69) is 54.4 Å². The van der Waals surface area contributed by atoms with Gasteiger partial charge in [-0.25, -0.2) is 4.79 Å². The fourth-order valence-electron chi connectivity index (χ4n) is 3.26. The lowest BCUT2D eigenvalue weighted by molar-refractivity contribution is 0.0505. The standard InChI is InChI=1S/C21H26N2O2/c1-4-12-25-20(24)17-9-7-8-16(13-17)14-23-15-21(2,3)22-18-10-5-6-11-19(18)23/h5-11,13,22H,4,12,14-15H2,1-3H3. The van der Waals surface area contributed by atoms with Gasteiger partial charge < -0.3 is 15.0 Å². The molecule has 4 nitrogen and oxygen atoms in total. The van der Waals surface area contributed by atoms with Crippen LogP contribution in [-0.2, 0) is 11.3 Å². The predicted octanol–water partition coefficient (Wildman–Crippen LogP) is 4.46. The van der Waals surface area contributed by atoms with Crippen LogP contribution in [0.15, 0.2) is 48.5 Å². The molecule has 4 heteroatoms. The van der Waals surface area contributed by atoms with Gasteiger partial charge in [0, 0.05) is 18.6 Å². The van der Waals surface area contributed by atoms with Gasteiger partial charge in [0.05, 0.1) is 23.5 Å². The lowest BCUT2D eigenvalue weighted by atomic mass is 9.98. The minimum atomic E-state index is -0.246. The number of nitrogens with zero attached hydrogens (tertiary/aromatic N) is 1. The summed E-state index contributed by atoms with van der Waals surface area (Å²) in [5, 5.41) is 3.59. The number of benzene rings is 2. The van der Waals surface area contributed by atoms with Gasteiger partial charge in [-0.3, -0.25) is 0 Å². The van der Waals surface area contributed by atoms with E-state index in [-0.39, 0.29) is 11.5 Å². The fraction of sp³-hybridized carbons (Fsp3) is 0.381. The van der Waals surface area contributed by atoms with Gasteiger partial charge in [0.2, 0.25) is 0 Å². The van der Waals surface area contributed by atoms with Crippen LogP contribution >= 0.6 is 0 Å². The van der Waals surface area contributed by atoms with Crippen LogP contribution in [0.4, 0.5) is 11.4 Å². The Hall–Kier alpha value is -2.49. The first kappa shape index (κ1) is 17.3. The van der Waals surface area contributed by atoms with E-state index in [1.165, 1.54) is 5.69 Å². The van der Waals surface area contributed by atoms with Crippen molar-refractivity contribution in [3.8, 4) is 0 Å². The van der Waals surface area contributed by atoms with Crippen LogP contribution < -0.4 is 10.2 Å². The Bertz CT molecular complexity index is 755. The number of anilines is 2. The van der Waals surface area contributed by atoms with Gasteiger partial charge in [-0.1, -0.05) is 31.2 Å². The van der Waals surface area contributed by atoms with E-state index in [9.17, 15) is 4.79 Å². The second-order valence-corrected chi connectivity index (χ2v) is 7.22. The summed E-state index contributed by atoms with van der Waals surface area (Å²) in [4.78, 5) is 14.5. The number of fused-ring (bicyclic) bond motifs is 1. The SMILES string of the molecule is CCCOC(=O)c1cccc(CN2CC(C)(C)Nc3ccccc32)c1. The number of carbonyl (C=O) groups excluding carboxylic acids is 1. The molecule has 0 amide bonds. The molecule has 0 atom stereocenters. The van der Waals surface area contributed by atoms with E-state index >= 15 is 0 Å². The maximum Gasteiger partial charge on any atom is 0.338 e. The third-order valence-electron chi connectivity index (χ3n) is 4.28. The molecule has 0 spiro atoms. The van der Waals surface area contributed by atoms with Gasteiger partial charge in [0.1, 0.15) is 0 Å². The summed E-state index contributed by atoms with van der Waals surface area (Å²) in [5.74, 6) is -0.246. The summed E-state index contributed by atoms with van der Waals surface area (Å²) in [6.45, 7) is 8.52. The zero-order valence-electron chi connectivity index (χ0n) is 15.2. The average molecular weight is 338 g/mol. The molecule has 0 saturated heterocycles. The summed E-state index contributed by atoms with van der Waals surface area (Å²) in [5.41, 5.74) is 4.07. The third kappa shape index (κ3) is 4.13. The highest BCUT2D eigenvalue weighted by Crippen LogP contribution is 2.35. The third-order valence-corrected chi connectivity index (χ3v) is 4.28. The first-order chi connectivity index (χ1) is 12.0. The molecule has 0 unspecified atom stereocenters. The second-order valence-electron chi connectivity index (χ2n) is 7.22. The number of nitrogens with one attached hydrogen (secondary N) is 1. The van der Waals surface area contributed by atoms with E-state index in [0.717, 1.165) is 30.8 Å². The van der Waals surface area contributed by atoms with Gasteiger partial charge in [0.25, 0.3) is 0 Å². The fourth-order valence-corrected chi connectivity index (χ4v) is 3.26. The van der Waals surface area contributed by atoms with Crippen LogP contribution in [0.3, 0.4) is 0 Å². The zero-order valence-corrected chi connectivity index (χ0v) is 15.2. The summed E-state index contributed by atoms with van der Waals surface area (Å²) < 4.78 is 5.25. The normalized spacial score (nSPS) is 15.2. The Labute approximate surface area is 149 Å². The molecule has 3 rings (SSSR count). The minimum Gasteiger partial charge on any atom is -0.462 e. The molecule has 0 fully saturated rings. The number of hydrogen-bond acceptors (Lipinski definition) is 4. The first-order valence-electron chi connectivity index (χ1n) is 8.87. The van der Waals surface area contributed by atoms with Crippen molar-refractivity contribution >= 4 is 17.3 Å². The quantitative estimate of drug-likeness (QED) is 0.817. The Kier molecular flexibility index (Phi) is 4.98. The molecular weight excluding hydrogens is 312 g/mol. The van der Waals surface area contributed by atoms with Gasteiger partial charge in [0.15, 0.2) is 0 Å². The molecule has 1 N–H and O–H groups in total. The van der Waals surface area contributed by atoms with Crippen molar-refractivity contribution in [1.82, 2.24) is 0 Å². The predicted molar refractivity (Wildman–Crippen MR) is 102 cm³/mol. The number of para-hydroxylation sites is 2. The lowest BCUT2D eigenvalue weighted by Crippen LogP contribution is -2.48. The second kappa shape index (κ2) is 7.18. The number of carbonyl (C=O) groups is 1. The Morgan fingerprint density at radius 2 is 2.00 bits per heavy atom. The molecule has 0 aliphatic carbocycles. The van der Waals surface area contributed by atoms with Crippen LogP contribution in [0.2, 0.25) is 0 Å². The number of ether oxygens (including phenoxy) is 1. The smallest absolute Gasteiger partial charge is 0.338 e. The molecule has 0 bridgehead atoms. The van der Waals surface area contributed by atoms with Crippen LogP contribution in [-0.4, -0.2) is 24.7 Å². The average Bonchev–Trinajstić information content (AvgIpc) is 2.59. The highest BCUT2D eigenvalue weighted by atomic mass is 16.5. The number of rotatable bonds is 5. The zero-order chi connectivity index (χ0) is 17.9. The molecule has 2 aromatic carbocycles. The van der Waals surface area contributed by atoms with E-state index in [1.807, 2.05) is 25.1 Å². The van der Waals surface area contributed by atoms with Gasteiger partial charge in [-0.2, -0.15) is 0 Å². The van der Waals surface area contributed by atoms with E-state index in [0.29, 0.717) is 12.2 Å². The molecule has 2 aromatic rings. The Morgan fingerprint density at radius 3 is 2.80 bits per heavy atom. The van der Waals surface area contributed by atoms with Crippen LogP contribution in [0.5, 0.6) is 0 Å². The largest absolute Gasteiger partial charge is 0.462 e. The van der Waals surface area contributed by atoms with Crippen LogP contribution in [0, 0.1) is 0 Å². The van der Waals surface area contributed by atoms with Gasteiger partial charge >= 0.3 is 5.97 Å². The monoisotopic (exact) mass is 338 g/mol. The molecular formula is C21H26N2O2. The van der Waals surface area contributed by atoms with Crippen molar-refractivity contribution in [3.63, 3.8) is 0 Å². The lowest BCUT2D eigenvalue weighted by Gasteiger charge is -2.42. The maximum atomic E-state index is 12.1. The molecule has 1 aliphatic heterocycles. The topological polar surface area (TPSA) is 41.6 Å². The van der Waals surface area contributed by atoms with Crippen molar-refractivity contribution in [2.24, 2.45) is 0 Å². The molecule has 0 radical (unpaired) electrons. The molecule has 132 valence electrons. The molecule has 1 heterocycles. The number of esters is 1. The van der Waals surface area contributed by atoms with Crippen molar-refractivity contribution in [2.45, 2.75) is 39.3 Å². The van der Waals surface area contributed by atoms with E-state index in [4.69, 9.17) is 4.74 Å². The van der Waals surface area contributed by atoms with E-state index < -0.39 is 0 Å². The Morgan fingerprint density at radius 1 is 1.20 bits per heavy atom. The van der Waals surface area contributed by atoms with Crippen molar-refractivity contribution in [2.75, 3.05) is 23.4 Å². The molecule has 1 aliphatic rings. The van der Waals surface area contributed by atoms with Crippen LogP contribution in [0.1, 0.15) is 43.1 Å². The van der Waals surface area contributed by atoms with Crippen molar-refractivity contribution in [1.29, 1.82) is 0 Å².